The fraction of sp³-hybridized carbons (Fsp3) is 0.286. The quantitative estimate of drug-likeness (QED) is 0.278. The highest BCUT2D eigenvalue weighted by atomic mass is 32.2. The zero-order chi connectivity index (χ0) is 26.8. The van der Waals surface area contributed by atoms with E-state index in [2.05, 4.69) is 29.3 Å². The molecule has 9 heteroatoms. The van der Waals surface area contributed by atoms with Gasteiger partial charge in [-0.15, -0.1) is 0 Å². The second kappa shape index (κ2) is 12.9. The number of hydrogen-bond acceptors (Lipinski definition) is 6. The fourth-order valence-corrected chi connectivity index (χ4v) is 5.21. The minimum Gasteiger partial charge on any atom is -0.492 e. The predicted octanol–water partition coefficient (Wildman–Crippen LogP) is 4.59. The van der Waals surface area contributed by atoms with Gasteiger partial charge in [-0.1, -0.05) is 42.0 Å². The minimum absolute atomic E-state index is 0.0778. The van der Waals surface area contributed by atoms with Gasteiger partial charge >= 0.3 is 0 Å². The molecule has 0 spiro atoms. The summed E-state index contributed by atoms with van der Waals surface area (Å²) in [4.78, 5) is 15.2. The van der Waals surface area contributed by atoms with Gasteiger partial charge in [0.2, 0.25) is 0 Å². The topological polar surface area (TPSA) is 91.3 Å². The summed E-state index contributed by atoms with van der Waals surface area (Å²) in [7, 11) is -4.07. The summed E-state index contributed by atoms with van der Waals surface area (Å²) >= 11 is 0. The molecule has 1 N–H and O–H groups in total. The highest BCUT2D eigenvalue weighted by Gasteiger charge is 2.29. The average molecular weight is 523 g/mol. The summed E-state index contributed by atoms with van der Waals surface area (Å²) in [5, 5.41) is 4.04. The van der Waals surface area contributed by atoms with E-state index in [1.54, 1.807) is 36.4 Å². The van der Waals surface area contributed by atoms with Crippen LogP contribution in [0.5, 0.6) is 5.75 Å². The summed E-state index contributed by atoms with van der Waals surface area (Å²) in [5.41, 5.74) is 5.57. The van der Waals surface area contributed by atoms with Crippen LogP contribution in [0.15, 0.2) is 82.8 Å². The Morgan fingerprint density at radius 2 is 1.59 bits per heavy atom. The molecule has 3 rings (SSSR count). The van der Waals surface area contributed by atoms with E-state index < -0.39 is 22.5 Å². The monoisotopic (exact) mass is 522 g/mol. The molecule has 0 fully saturated rings. The Morgan fingerprint density at radius 1 is 0.946 bits per heavy atom. The molecule has 0 saturated carbocycles. The molecule has 196 valence electrons. The molecular weight excluding hydrogens is 488 g/mol. The van der Waals surface area contributed by atoms with Crippen molar-refractivity contribution in [1.82, 2.24) is 5.43 Å². The summed E-state index contributed by atoms with van der Waals surface area (Å²) in [6.45, 7) is 9.58. The number of sulfonamides is 1. The Morgan fingerprint density at radius 3 is 2.22 bits per heavy atom. The van der Waals surface area contributed by atoms with E-state index in [1.165, 1.54) is 18.3 Å². The smallest absolute Gasteiger partial charge is 0.264 e. The van der Waals surface area contributed by atoms with Crippen LogP contribution in [0.3, 0.4) is 0 Å². The SMILES string of the molecule is CCOc1ccccc1N(CC(=O)N/N=C\c1ccc(N(CC)CC)cc1)S(=O)(=O)c1ccc(C)cc1. The van der Waals surface area contributed by atoms with Gasteiger partial charge in [-0.2, -0.15) is 5.10 Å². The molecule has 8 nitrogen and oxygen atoms in total. The number of amides is 1. The molecule has 0 aliphatic carbocycles. The molecular formula is C28H34N4O4S. The molecule has 0 aromatic heterocycles. The van der Waals surface area contributed by atoms with Crippen molar-refractivity contribution in [3.05, 3.63) is 83.9 Å². The van der Waals surface area contributed by atoms with Crippen LogP contribution in [0, 0.1) is 6.92 Å². The van der Waals surface area contributed by atoms with Crippen molar-refractivity contribution in [3.63, 3.8) is 0 Å². The molecule has 0 bridgehead atoms. The first-order chi connectivity index (χ1) is 17.8. The van der Waals surface area contributed by atoms with Gasteiger partial charge in [-0.25, -0.2) is 13.8 Å². The number of nitrogens with one attached hydrogen (secondary N) is 1. The van der Waals surface area contributed by atoms with Crippen molar-refractivity contribution in [1.29, 1.82) is 0 Å². The van der Waals surface area contributed by atoms with Crippen molar-refractivity contribution < 1.29 is 17.9 Å². The highest BCUT2D eigenvalue weighted by molar-refractivity contribution is 7.92. The summed E-state index contributed by atoms with van der Waals surface area (Å²) < 4.78 is 33.9. The van der Waals surface area contributed by atoms with Gasteiger partial charge in [0.05, 0.1) is 23.4 Å². The van der Waals surface area contributed by atoms with Crippen LogP contribution in [0.25, 0.3) is 0 Å². The number of nitrogens with zero attached hydrogens (tertiary/aromatic N) is 3. The number of hydrazone groups is 1. The van der Waals surface area contributed by atoms with Crippen molar-refractivity contribution in [2.45, 2.75) is 32.6 Å². The number of carbonyl (C=O) groups is 1. The lowest BCUT2D eigenvalue weighted by molar-refractivity contribution is -0.119. The van der Waals surface area contributed by atoms with Crippen LogP contribution >= 0.6 is 0 Å². The summed E-state index contributed by atoms with van der Waals surface area (Å²) in [5.74, 6) is -0.219. The first kappa shape index (κ1) is 27.7. The van der Waals surface area contributed by atoms with Crippen LogP contribution in [0.4, 0.5) is 11.4 Å². The predicted molar refractivity (Wildman–Crippen MR) is 149 cm³/mol. The zero-order valence-corrected chi connectivity index (χ0v) is 22.5. The number of rotatable bonds is 12. The third-order valence-electron chi connectivity index (χ3n) is 5.75. The first-order valence-corrected chi connectivity index (χ1v) is 13.7. The first-order valence-electron chi connectivity index (χ1n) is 12.3. The van der Waals surface area contributed by atoms with Crippen LogP contribution in [-0.2, 0) is 14.8 Å². The molecule has 0 unspecified atom stereocenters. The molecule has 0 aliphatic heterocycles. The molecule has 3 aromatic rings. The lowest BCUT2D eigenvalue weighted by Crippen LogP contribution is -2.39. The van der Waals surface area contributed by atoms with Crippen LogP contribution in [0.2, 0.25) is 0 Å². The van der Waals surface area contributed by atoms with Crippen molar-refractivity contribution in [3.8, 4) is 5.75 Å². The number of aryl methyl sites for hydroxylation is 1. The minimum atomic E-state index is -4.07. The van der Waals surface area contributed by atoms with Crippen molar-refractivity contribution in [2.75, 3.05) is 35.4 Å². The van der Waals surface area contributed by atoms with E-state index in [4.69, 9.17) is 4.74 Å². The van der Waals surface area contributed by atoms with E-state index in [9.17, 15) is 13.2 Å². The van der Waals surface area contributed by atoms with Gasteiger partial charge in [-0.05, 0) is 69.7 Å². The van der Waals surface area contributed by atoms with Gasteiger partial charge in [0, 0.05) is 18.8 Å². The van der Waals surface area contributed by atoms with E-state index >= 15 is 0 Å². The molecule has 3 aromatic carbocycles. The van der Waals surface area contributed by atoms with Gasteiger partial charge < -0.3 is 9.64 Å². The summed E-state index contributed by atoms with van der Waals surface area (Å²) in [6.07, 6.45) is 1.52. The molecule has 0 aliphatic rings. The van der Waals surface area contributed by atoms with E-state index in [1.807, 2.05) is 38.1 Å². The maximum Gasteiger partial charge on any atom is 0.264 e. The fourth-order valence-electron chi connectivity index (χ4n) is 3.78. The Kier molecular flexibility index (Phi) is 9.68. The second-order valence-corrected chi connectivity index (χ2v) is 10.1. The van der Waals surface area contributed by atoms with Crippen LogP contribution in [0.1, 0.15) is 31.9 Å². The molecule has 0 saturated heterocycles. The Hall–Kier alpha value is -3.85. The number of anilines is 2. The van der Waals surface area contributed by atoms with E-state index in [0.29, 0.717) is 12.4 Å². The Balaban J connectivity index is 1.82. The largest absolute Gasteiger partial charge is 0.492 e. The molecule has 0 radical (unpaired) electrons. The van der Waals surface area contributed by atoms with Crippen molar-refractivity contribution in [2.24, 2.45) is 5.10 Å². The number of ether oxygens (including phenoxy) is 1. The van der Waals surface area contributed by atoms with E-state index in [-0.39, 0.29) is 10.6 Å². The highest BCUT2D eigenvalue weighted by Crippen LogP contribution is 2.32. The van der Waals surface area contributed by atoms with Gasteiger partial charge in [0.15, 0.2) is 0 Å². The lowest BCUT2D eigenvalue weighted by atomic mass is 10.2. The molecule has 0 heterocycles. The summed E-state index contributed by atoms with van der Waals surface area (Å²) in [6, 6.07) is 21.1. The third-order valence-corrected chi connectivity index (χ3v) is 7.53. The zero-order valence-electron chi connectivity index (χ0n) is 21.7. The number of benzene rings is 3. The molecule has 0 atom stereocenters. The maximum absolute atomic E-state index is 13.6. The lowest BCUT2D eigenvalue weighted by Gasteiger charge is -2.25. The maximum atomic E-state index is 13.6. The number of carbonyl (C=O) groups excluding carboxylic acids is 1. The van der Waals surface area contributed by atoms with Crippen molar-refractivity contribution >= 4 is 33.5 Å². The second-order valence-electron chi connectivity index (χ2n) is 8.28. The Bertz CT molecular complexity index is 1300. The third kappa shape index (κ3) is 7.10. The number of hydrogen-bond donors (Lipinski definition) is 1. The van der Waals surface area contributed by atoms with Gasteiger partial charge in [0.25, 0.3) is 15.9 Å². The van der Waals surface area contributed by atoms with Crippen LogP contribution in [-0.4, -0.2) is 46.8 Å². The van der Waals surface area contributed by atoms with Gasteiger partial charge in [0.1, 0.15) is 12.3 Å². The van der Waals surface area contributed by atoms with Gasteiger partial charge in [-0.3, -0.25) is 9.10 Å². The molecule has 37 heavy (non-hydrogen) atoms. The molecule has 1 amide bonds. The van der Waals surface area contributed by atoms with Crippen LogP contribution < -0.4 is 19.4 Å². The standard InChI is InChI=1S/C28H34N4O4S/c1-5-31(6-2)24-16-14-23(15-17-24)20-29-30-28(33)21-32(26-10-8-9-11-27(26)36-7-3)37(34,35)25-18-12-22(4)13-19-25/h8-20H,5-7,21H2,1-4H3,(H,30,33)/b29-20-. The average Bonchev–Trinajstić information content (AvgIpc) is 2.90. The normalized spacial score (nSPS) is 11.4. The number of para-hydroxylation sites is 2. The van der Waals surface area contributed by atoms with E-state index in [0.717, 1.165) is 34.2 Å². The Labute approximate surface area is 219 Å².